The minimum Gasteiger partial charge on any atom is -0.484 e. The summed E-state index contributed by atoms with van der Waals surface area (Å²) in [6, 6.07) is 16.4. The van der Waals surface area contributed by atoms with Crippen molar-refractivity contribution in [3.63, 3.8) is 0 Å². The summed E-state index contributed by atoms with van der Waals surface area (Å²) < 4.78 is 16.1. The first-order valence-electron chi connectivity index (χ1n) is 12.4. The summed E-state index contributed by atoms with van der Waals surface area (Å²) in [6.45, 7) is 4.80. The van der Waals surface area contributed by atoms with Crippen molar-refractivity contribution in [1.29, 1.82) is 0 Å². The molecule has 8 nitrogen and oxygen atoms in total. The van der Waals surface area contributed by atoms with E-state index in [9.17, 15) is 14.4 Å². The molecule has 8 heteroatoms. The van der Waals surface area contributed by atoms with Crippen LogP contribution in [0.25, 0.3) is 6.08 Å². The topological polar surface area (TPSA) is 94.2 Å². The zero-order chi connectivity index (χ0) is 26.4. The highest BCUT2D eigenvalue weighted by molar-refractivity contribution is 6.16. The van der Waals surface area contributed by atoms with Gasteiger partial charge in [0, 0.05) is 18.8 Å². The van der Waals surface area contributed by atoms with Crippen LogP contribution in [0.15, 0.2) is 71.4 Å². The number of rotatable bonds is 9. The third kappa shape index (κ3) is 6.09. The van der Waals surface area contributed by atoms with Gasteiger partial charge in [0.1, 0.15) is 5.75 Å². The standard InChI is InChI=1S/C29H32N2O6/c1-19(22-8-5-4-6-9-22)31-20(2)27(29(34)35-3)25(28(31)33)16-21-11-13-23(14-12-21)37-18-26(32)30-17-24-10-7-15-36-24/h4-6,8-9,11-14,16,19,24H,7,10,15,17-18H2,1-3H3,(H,30,32)/b25-16-/t19-,24+/m1/s1. The van der Waals surface area contributed by atoms with E-state index in [2.05, 4.69) is 5.32 Å². The highest BCUT2D eigenvalue weighted by Crippen LogP contribution is 2.37. The van der Waals surface area contributed by atoms with Crippen molar-refractivity contribution < 1.29 is 28.6 Å². The van der Waals surface area contributed by atoms with Crippen LogP contribution >= 0.6 is 0 Å². The molecule has 2 aromatic carbocycles. The molecular formula is C29H32N2O6. The average molecular weight is 505 g/mol. The molecule has 2 aromatic rings. The number of allylic oxidation sites excluding steroid dienone is 1. The summed E-state index contributed by atoms with van der Waals surface area (Å²) in [4.78, 5) is 39.8. The molecule has 1 N–H and O–H groups in total. The maximum atomic E-state index is 13.5. The van der Waals surface area contributed by atoms with Gasteiger partial charge in [-0.25, -0.2) is 4.79 Å². The Morgan fingerprint density at radius 1 is 1.16 bits per heavy atom. The summed E-state index contributed by atoms with van der Waals surface area (Å²) in [5, 5.41) is 2.82. The number of nitrogens with one attached hydrogen (secondary N) is 1. The van der Waals surface area contributed by atoms with Gasteiger partial charge in [-0.05, 0) is 56.0 Å². The summed E-state index contributed by atoms with van der Waals surface area (Å²) in [5.41, 5.74) is 2.74. The number of ether oxygens (including phenoxy) is 3. The fourth-order valence-corrected chi connectivity index (χ4v) is 4.60. The van der Waals surface area contributed by atoms with Gasteiger partial charge in [0.15, 0.2) is 6.61 Å². The highest BCUT2D eigenvalue weighted by Gasteiger charge is 2.39. The van der Waals surface area contributed by atoms with Crippen LogP contribution in [0.3, 0.4) is 0 Å². The van der Waals surface area contributed by atoms with Crippen LogP contribution in [0.4, 0.5) is 0 Å². The summed E-state index contributed by atoms with van der Waals surface area (Å²) in [5.74, 6) is -0.521. The first kappa shape index (κ1) is 26.2. The number of benzene rings is 2. The Balaban J connectivity index is 1.46. The lowest BCUT2D eigenvalue weighted by molar-refractivity contribution is -0.136. The van der Waals surface area contributed by atoms with Gasteiger partial charge in [-0.2, -0.15) is 0 Å². The number of carbonyl (C=O) groups is 3. The van der Waals surface area contributed by atoms with E-state index in [0.717, 1.165) is 25.0 Å². The molecule has 2 aliphatic rings. The van der Waals surface area contributed by atoms with E-state index in [1.54, 1.807) is 42.2 Å². The average Bonchev–Trinajstić information content (AvgIpc) is 3.53. The Morgan fingerprint density at radius 3 is 2.54 bits per heavy atom. The van der Waals surface area contributed by atoms with Gasteiger partial charge < -0.3 is 24.4 Å². The second kappa shape index (κ2) is 11.9. The molecule has 2 aliphatic heterocycles. The fourth-order valence-electron chi connectivity index (χ4n) is 4.60. The minimum absolute atomic E-state index is 0.0775. The number of amides is 2. The lowest BCUT2D eigenvalue weighted by atomic mass is 10.0. The summed E-state index contributed by atoms with van der Waals surface area (Å²) in [6.07, 6.45) is 3.73. The van der Waals surface area contributed by atoms with Crippen molar-refractivity contribution >= 4 is 23.9 Å². The quantitative estimate of drug-likeness (QED) is 0.413. The second-order valence-electron chi connectivity index (χ2n) is 9.07. The largest absolute Gasteiger partial charge is 0.484 e. The Bertz CT molecular complexity index is 1200. The van der Waals surface area contributed by atoms with Crippen LogP contribution in [0.2, 0.25) is 0 Å². The van der Waals surface area contributed by atoms with Crippen molar-refractivity contribution in [1.82, 2.24) is 10.2 Å². The summed E-state index contributed by atoms with van der Waals surface area (Å²) >= 11 is 0. The predicted molar refractivity (Wildman–Crippen MR) is 138 cm³/mol. The molecule has 2 atom stereocenters. The molecule has 1 fully saturated rings. The molecule has 194 valence electrons. The zero-order valence-electron chi connectivity index (χ0n) is 21.4. The Hall–Kier alpha value is -3.91. The third-order valence-corrected chi connectivity index (χ3v) is 6.61. The maximum Gasteiger partial charge on any atom is 0.340 e. The lowest BCUT2D eigenvalue weighted by Crippen LogP contribution is -2.35. The van der Waals surface area contributed by atoms with E-state index in [1.807, 2.05) is 37.3 Å². The number of hydrogen-bond acceptors (Lipinski definition) is 6. The highest BCUT2D eigenvalue weighted by atomic mass is 16.5. The van der Waals surface area contributed by atoms with Crippen LogP contribution in [0.1, 0.15) is 43.9 Å². The summed E-state index contributed by atoms with van der Waals surface area (Å²) in [7, 11) is 1.30. The molecule has 2 heterocycles. The van der Waals surface area contributed by atoms with Gasteiger partial charge >= 0.3 is 5.97 Å². The third-order valence-electron chi connectivity index (χ3n) is 6.61. The van der Waals surface area contributed by atoms with Crippen molar-refractivity contribution in [3.8, 4) is 5.75 Å². The van der Waals surface area contributed by atoms with E-state index >= 15 is 0 Å². The number of esters is 1. The zero-order valence-corrected chi connectivity index (χ0v) is 21.4. The van der Waals surface area contributed by atoms with E-state index < -0.39 is 5.97 Å². The molecule has 1 saturated heterocycles. The SMILES string of the molecule is COC(=O)C1=C(C)N([C@H](C)c2ccccc2)C(=O)/C1=C\c1ccc(OCC(=O)NC[C@@H]2CCCO2)cc1. The van der Waals surface area contributed by atoms with E-state index in [0.29, 0.717) is 23.6 Å². The molecular weight excluding hydrogens is 472 g/mol. The Kier molecular flexibility index (Phi) is 8.40. The molecule has 0 unspecified atom stereocenters. The normalized spacial score (nSPS) is 19.3. The molecule has 37 heavy (non-hydrogen) atoms. The first-order valence-corrected chi connectivity index (χ1v) is 12.4. The second-order valence-corrected chi connectivity index (χ2v) is 9.07. The number of hydrogen-bond donors (Lipinski definition) is 1. The molecule has 4 rings (SSSR count). The molecule has 2 amide bonds. The van der Waals surface area contributed by atoms with Crippen molar-refractivity contribution in [2.45, 2.75) is 38.8 Å². The van der Waals surface area contributed by atoms with Crippen LogP contribution in [0.5, 0.6) is 5.75 Å². The van der Waals surface area contributed by atoms with Crippen LogP contribution in [-0.4, -0.2) is 55.7 Å². The van der Waals surface area contributed by atoms with Crippen molar-refractivity contribution in [3.05, 3.63) is 82.6 Å². The smallest absolute Gasteiger partial charge is 0.340 e. The molecule has 0 aliphatic carbocycles. The van der Waals surface area contributed by atoms with Crippen LogP contribution < -0.4 is 10.1 Å². The van der Waals surface area contributed by atoms with Crippen LogP contribution in [-0.2, 0) is 23.9 Å². The fraction of sp³-hybridized carbons (Fsp3) is 0.345. The maximum absolute atomic E-state index is 13.5. The van der Waals surface area contributed by atoms with Gasteiger partial charge in [-0.1, -0.05) is 42.5 Å². The van der Waals surface area contributed by atoms with Crippen molar-refractivity contribution in [2.24, 2.45) is 0 Å². The lowest BCUT2D eigenvalue weighted by Gasteiger charge is -2.26. The van der Waals surface area contributed by atoms with E-state index in [1.165, 1.54) is 7.11 Å². The van der Waals surface area contributed by atoms with Crippen LogP contribution in [0, 0.1) is 0 Å². The van der Waals surface area contributed by atoms with Gasteiger partial charge in [-0.3, -0.25) is 9.59 Å². The van der Waals surface area contributed by atoms with Gasteiger partial charge in [0.2, 0.25) is 0 Å². The Morgan fingerprint density at radius 2 is 1.89 bits per heavy atom. The monoisotopic (exact) mass is 504 g/mol. The number of carbonyl (C=O) groups excluding carboxylic acids is 3. The van der Waals surface area contributed by atoms with Crippen molar-refractivity contribution in [2.75, 3.05) is 26.9 Å². The van der Waals surface area contributed by atoms with E-state index in [-0.39, 0.29) is 41.7 Å². The number of nitrogens with zero attached hydrogens (tertiary/aromatic N) is 1. The van der Waals surface area contributed by atoms with Gasteiger partial charge in [-0.15, -0.1) is 0 Å². The molecule has 0 bridgehead atoms. The molecule has 0 radical (unpaired) electrons. The molecule has 0 saturated carbocycles. The molecule has 0 spiro atoms. The number of methoxy groups -OCH3 is 1. The van der Waals surface area contributed by atoms with Gasteiger partial charge in [0.05, 0.1) is 30.4 Å². The van der Waals surface area contributed by atoms with E-state index in [4.69, 9.17) is 14.2 Å². The Labute approximate surface area is 216 Å². The molecule has 0 aromatic heterocycles. The predicted octanol–water partition coefficient (Wildman–Crippen LogP) is 3.79. The van der Waals surface area contributed by atoms with Gasteiger partial charge in [0.25, 0.3) is 11.8 Å². The minimum atomic E-state index is -0.561. The first-order chi connectivity index (χ1) is 17.9.